The Bertz CT molecular complexity index is 835. The lowest BCUT2D eigenvalue weighted by molar-refractivity contribution is -0.126. The third kappa shape index (κ3) is 4.27. The molecule has 1 fully saturated rings. The van der Waals surface area contributed by atoms with E-state index >= 15 is 0 Å². The molecule has 28 heavy (non-hydrogen) atoms. The number of carbonyl (C=O) groups excluding carboxylic acids is 2. The highest BCUT2D eigenvalue weighted by atomic mass is 16.5. The molecule has 1 aliphatic heterocycles. The monoisotopic (exact) mass is 382 g/mol. The van der Waals surface area contributed by atoms with E-state index in [0.29, 0.717) is 13.2 Å². The molecule has 1 N–H and O–H groups in total. The molecular formula is C22H26N2O4. The number of nitrogens with one attached hydrogen (secondary N) is 1. The van der Waals surface area contributed by atoms with Crippen molar-refractivity contribution >= 4 is 17.5 Å². The molecule has 6 nitrogen and oxygen atoms in total. The molecule has 0 radical (unpaired) electrons. The Morgan fingerprint density at radius 1 is 1.21 bits per heavy atom. The lowest BCUT2D eigenvalue weighted by atomic mass is 10.0. The molecule has 0 unspecified atom stereocenters. The van der Waals surface area contributed by atoms with Crippen LogP contribution in [0.1, 0.15) is 31.9 Å². The average molecular weight is 382 g/mol. The SMILES string of the molecule is CCOc1ccc(N2C[C@@H](C(=O)N[C@@H](C)c3ccccc3OC)CC2=O)cc1. The number of nitrogens with zero attached hydrogens (tertiary/aromatic N) is 1. The van der Waals surface area contributed by atoms with E-state index in [1.54, 1.807) is 12.0 Å². The Kier molecular flexibility index (Phi) is 6.19. The second kappa shape index (κ2) is 8.78. The van der Waals surface area contributed by atoms with E-state index in [4.69, 9.17) is 9.47 Å². The van der Waals surface area contributed by atoms with Gasteiger partial charge < -0.3 is 19.7 Å². The molecule has 1 heterocycles. The van der Waals surface area contributed by atoms with Crippen molar-refractivity contribution in [2.24, 2.45) is 5.92 Å². The van der Waals surface area contributed by atoms with Crippen molar-refractivity contribution in [1.29, 1.82) is 0 Å². The zero-order valence-electron chi connectivity index (χ0n) is 16.5. The summed E-state index contributed by atoms with van der Waals surface area (Å²) < 4.78 is 10.8. The largest absolute Gasteiger partial charge is 0.496 e. The molecule has 2 aromatic rings. The fourth-order valence-electron chi connectivity index (χ4n) is 3.45. The molecule has 0 aromatic heterocycles. The van der Waals surface area contributed by atoms with E-state index < -0.39 is 0 Å². The summed E-state index contributed by atoms with van der Waals surface area (Å²) in [5, 5.41) is 3.01. The summed E-state index contributed by atoms with van der Waals surface area (Å²) in [6.07, 6.45) is 0.206. The van der Waals surface area contributed by atoms with Crippen molar-refractivity contribution < 1.29 is 19.1 Å². The molecule has 3 rings (SSSR count). The van der Waals surface area contributed by atoms with Gasteiger partial charge in [-0.3, -0.25) is 9.59 Å². The second-order valence-corrected chi connectivity index (χ2v) is 6.80. The number of carbonyl (C=O) groups is 2. The molecule has 0 spiro atoms. The van der Waals surface area contributed by atoms with Gasteiger partial charge in [-0.05, 0) is 44.2 Å². The smallest absolute Gasteiger partial charge is 0.227 e. The van der Waals surface area contributed by atoms with E-state index in [-0.39, 0.29) is 30.2 Å². The van der Waals surface area contributed by atoms with Crippen molar-refractivity contribution in [2.75, 3.05) is 25.2 Å². The molecule has 2 aromatic carbocycles. The number of methoxy groups -OCH3 is 1. The molecular weight excluding hydrogens is 356 g/mol. The number of rotatable bonds is 7. The predicted octanol–water partition coefficient (Wildman–Crippen LogP) is 3.32. The Labute approximate surface area is 165 Å². The first-order valence-electron chi connectivity index (χ1n) is 9.50. The maximum absolute atomic E-state index is 12.7. The van der Waals surface area contributed by atoms with Crippen LogP contribution < -0.4 is 19.7 Å². The summed E-state index contributed by atoms with van der Waals surface area (Å²) in [5.41, 5.74) is 1.69. The molecule has 148 valence electrons. The van der Waals surface area contributed by atoms with Gasteiger partial charge in [0.1, 0.15) is 11.5 Å². The molecule has 0 saturated carbocycles. The van der Waals surface area contributed by atoms with Gasteiger partial charge in [-0.15, -0.1) is 0 Å². The first-order chi connectivity index (χ1) is 13.5. The van der Waals surface area contributed by atoms with Crippen LogP contribution in [-0.2, 0) is 9.59 Å². The number of benzene rings is 2. The summed E-state index contributed by atoms with van der Waals surface area (Å²) in [6, 6.07) is 14.8. The average Bonchev–Trinajstić information content (AvgIpc) is 3.10. The van der Waals surface area contributed by atoms with Crippen LogP contribution in [0.25, 0.3) is 0 Å². The van der Waals surface area contributed by atoms with Crippen LogP contribution in [0.4, 0.5) is 5.69 Å². The molecule has 1 saturated heterocycles. The quantitative estimate of drug-likeness (QED) is 0.798. The summed E-state index contributed by atoms with van der Waals surface area (Å²) in [4.78, 5) is 26.9. The van der Waals surface area contributed by atoms with Crippen molar-refractivity contribution in [1.82, 2.24) is 5.32 Å². The number of hydrogen-bond donors (Lipinski definition) is 1. The summed E-state index contributed by atoms with van der Waals surface area (Å²) in [7, 11) is 1.61. The summed E-state index contributed by atoms with van der Waals surface area (Å²) in [5.74, 6) is 0.942. The zero-order valence-corrected chi connectivity index (χ0v) is 16.5. The number of anilines is 1. The van der Waals surface area contributed by atoms with E-state index in [2.05, 4.69) is 5.32 Å². The predicted molar refractivity (Wildman–Crippen MR) is 108 cm³/mol. The van der Waals surface area contributed by atoms with Gasteiger partial charge in [-0.25, -0.2) is 0 Å². The normalized spacial score (nSPS) is 17.3. The van der Waals surface area contributed by atoms with Crippen molar-refractivity contribution in [3.8, 4) is 11.5 Å². The Hall–Kier alpha value is -3.02. The summed E-state index contributed by atoms with van der Waals surface area (Å²) in [6.45, 7) is 4.80. The number of amides is 2. The van der Waals surface area contributed by atoms with Crippen molar-refractivity contribution in [2.45, 2.75) is 26.3 Å². The minimum Gasteiger partial charge on any atom is -0.496 e. The fourth-order valence-corrected chi connectivity index (χ4v) is 3.45. The lowest BCUT2D eigenvalue weighted by Gasteiger charge is -2.20. The summed E-state index contributed by atoms with van der Waals surface area (Å²) >= 11 is 0. The molecule has 2 atom stereocenters. The van der Waals surface area contributed by atoms with Crippen LogP contribution in [0.5, 0.6) is 11.5 Å². The zero-order chi connectivity index (χ0) is 20.1. The molecule has 0 bridgehead atoms. The number of ether oxygens (including phenoxy) is 2. The molecule has 6 heteroatoms. The minimum absolute atomic E-state index is 0.0470. The van der Waals surface area contributed by atoms with Crippen molar-refractivity contribution in [3.63, 3.8) is 0 Å². The van der Waals surface area contributed by atoms with Crippen molar-refractivity contribution in [3.05, 3.63) is 54.1 Å². The van der Waals surface area contributed by atoms with E-state index in [0.717, 1.165) is 22.7 Å². The van der Waals surface area contributed by atoms with Gasteiger partial charge in [0, 0.05) is 24.2 Å². The highest BCUT2D eigenvalue weighted by Gasteiger charge is 2.35. The van der Waals surface area contributed by atoms with Gasteiger partial charge in [-0.2, -0.15) is 0 Å². The van der Waals surface area contributed by atoms with Gasteiger partial charge in [0.05, 0.1) is 25.7 Å². The van der Waals surface area contributed by atoms with Crippen LogP contribution >= 0.6 is 0 Å². The van der Waals surface area contributed by atoms with Gasteiger partial charge >= 0.3 is 0 Å². The third-order valence-corrected chi connectivity index (χ3v) is 4.92. The van der Waals surface area contributed by atoms with E-state index in [9.17, 15) is 9.59 Å². The second-order valence-electron chi connectivity index (χ2n) is 6.80. The lowest BCUT2D eigenvalue weighted by Crippen LogP contribution is -2.34. The minimum atomic E-state index is -0.378. The van der Waals surface area contributed by atoms with Gasteiger partial charge in [0.2, 0.25) is 11.8 Å². The maximum Gasteiger partial charge on any atom is 0.227 e. The first-order valence-corrected chi connectivity index (χ1v) is 9.50. The molecule has 1 aliphatic rings. The first kappa shape index (κ1) is 19.7. The maximum atomic E-state index is 12.7. The van der Waals surface area contributed by atoms with E-state index in [1.807, 2.05) is 62.4 Å². The Morgan fingerprint density at radius 3 is 2.61 bits per heavy atom. The molecule has 0 aliphatic carbocycles. The van der Waals surface area contributed by atoms with Crippen LogP contribution in [-0.4, -0.2) is 32.1 Å². The highest BCUT2D eigenvalue weighted by Crippen LogP contribution is 2.29. The van der Waals surface area contributed by atoms with Crippen LogP contribution in [0.3, 0.4) is 0 Å². The topological polar surface area (TPSA) is 67.9 Å². The standard InChI is InChI=1S/C22H26N2O4/c1-4-28-18-11-9-17(10-12-18)24-14-16(13-21(24)25)22(26)23-15(2)19-7-5-6-8-20(19)27-3/h5-12,15-16H,4,13-14H2,1-3H3,(H,23,26)/t15-,16-/m0/s1. The van der Waals surface area contributed by atoms with Gasteiger partial charge in [-0.1, -0.05) is 18.2 Å². The Morgan fingerprint density at radius 2 is 1.93 bits per heavy atom. The Balaban J connectivity index is 1.64. The third-order valence-electron chi connectivity index (χ3n) is 4.92. The molecule has 2 amide bonds. The van der Waals surface area contributed by atoms with Crippen LogP contribution in [0.15, 0.2) is 48.5 Å². The highest BCUT2D eigenvalue weighted by molar-refractivity contribution is 6.00. The van der Waals surface area contributed by atoms with Gasteiger partial charge in [0.15, 0.2) is 0 Å². The van der Waals surface area contributed by atoms with Crippen LogP contribution in [0, 0.1) is 5.92 Å². The number of hydrogen-bond acceptors (Lipinski definition) is 4. The fraction of sp³-hybridized carbons (Fsp3) is 0.364. The van der Waals surface area contributed by atoms with E-state index in [1.165, 1.54) is 0 Å². The number of para-hydroxylation sites is 1. The van der Waals surface area contributed by atoms with Gasteiger partial charge in [0.25, 0.3) is 0 Å². The van der Waals surface area contributed by atoms with Crippen LogP contribution in [0.2, 0.25) is 0 Å².